The van der Waals surface area contributed by atoms with Crippen LogP contribution < -0.4 is 0 Å². The average Bonchev–Trinajstić information content (AvgIpc) is 2.54. The van der Waals surface area contributed by atoms with Gasteiger partial charge in [0.25, 0.3) is 0 Å². The molecule has 6 heteroatoms. The molecule has 1 aromatic heterocycles. The topological polar surface area (TPSA) is 68.3 Å². The lowest BCUT2D eigenvalue weighted by atomic mass is 10.3. The average molecular weight is 184 g/mol. The molecule has 0 saturated carbocycles. The second-order valence-electron chi connectivity index (χ2n) is 2.12. The highest BCUT2D eigenvalue weighted by molar-refractivity contribution is 6.35. The minimum absolute atomic E-state index is 0.177. The Morgan fingerprint density at radius 3 is 2.83 bits per heavy atom. The summed E-state index contributed by atoms with van der Waals surface area (Å²) < 4.78 is 4.40. The molecule has 0 bridgehead atoms. The van der Waals surface area contributed by atoms with Crippen molar-refractivity contribution in [3.05, 3.63) is 22.1 Å². The molecule has 0 fully saturated rings. The normalized spacial score (nSPS) is 10.4. The van der Waals surface area contributed by atoms with Crippen LogP contribution in [0.25, 0.3) is 11.0 Å². The summed E-state index contributed by atoms with van der Waals surface area (Å²) in [5.41, 5.74) is 0.821. The van der Waals surface area contributed by atoms with Gasteiger partial charge in [-0.1, -0.05) is 11.6 Å². The molecule has 0 spiro atoms. The molecule has 1 aromatic carbocycles. The first-order valence-electron chi connectivity index (χ1n) is 3.07. The largest absolute Gasteiger partial charge is 0.243 e. The molecule has 0 amide bonds. The van der Waals surface area contributed by atoms with E-state index in [1.807, 2.05) is 0 Å². The minimum atomic E-state index is 0.177. The number of aromatic nitrogens is 2. The SMILES string of the molecule is O=Nc1ccc(Cl)c2nonc12. The first-order chi connectivity index (χ1) is 5.83. The second-order valence-corrected chi connectivity index (χ2v) is 2.53. The molecule has 0 radical (unpaired) electrons. The molecule has 1 heterocycles. The van der Waals surface area contributed by atoms with Crippen molar-refractivity contribution in [3.8, 4) is 0 Å². The number of rotatable bonds is 1. The molecule has 2 rings (SSSR count). The van der Waals surface area contributed by atoms with Gasteiger partial charge in [-0.15, -0.1) is 4.91 Å². The number of fused-ring (bicyclic) bond motifs is 1. The van der Waals surface area contributed by atoms with Gasteiger partial charge < -0.3 is 0 Å². The van der Waals surface area contributed by atoms with Crippen LogP contribution >= 0.6 is 11.6 Å². The van der Waals surface area contributed by atoms with Crippen molar-refractivity contribution in [3.63, 3.8) is 0 Å². The molecule has 0 aliphatic rings. The van der Waals surface area contributed by atoms with Gasteiger partial charge in [0.2, 0.25) is 0 Å². The zero-order valence-corrected chi connectivity index (χ0v) is 6.45. The molecule has 0 atom stereocenters. The van der Waals surface area contributed by atoms with E-state index < -0.39 is 0 Å². The lowest BCUT2D eigenvalue weighted by molar-refractivity contribution is 0.315. The molecule has 60 valence electrons. The van der Waals surface area contributed by atoms with Crippen LogP contribution in [0.1, 0.15) is 0 Å². The standard InChI is InChI=1S/C6H2ClN3O2/c7-3-1-2-4(8-11)6-5(3)9-12-10-6/h1-2H. The molecule has 0 aliphatic heterocycles. The van der Waals surface area contributed by atoms with E-state index in [-0.39, 0.29) is 11.2 Å². The minimum Gasteiger partial charge on any atom is -0.243 e. The number of halogens is 1. The summed E-state index contributed by atoms with van der Waals surface area (Å²) in [6, 6.07) is 2.98. The summed E-state index contributed by atoms with van der Waals surface area (Å²) in [7, 11) is 0. The number of benzene rings is 1. The number of nitroso groups, excluding NO2 is 1. The summed E-state index contributed by atoms with van der Waals surface area (Å²) in [6.07, 6.45) is 0. The molecular formula is C6H2ClN3O2. The Kier molecular flexibility index (Phi) is 1.51. The predicted molar refractivity (Wildman–Crippen MR) is 42.3 cm³/mol. The summed E-state index contributed by atoms with van der Waals surface area (Å²) in [5.74, 6) is 0. The lowest BCUT2D eigenvalue weighted by Crippen LogP contribution is -1.72. The van der Waals surface area contributed by atoms with Gasteiger partial charge >= 0.3 is 0 Å². The molecule has 5 nitrogen and oxygen atoms in total. The highest BCUT2D eigenvalue weighted by atomic mass is 35.5. The van der Waals surface area contributed by atoms with E-state index in [1.54, 1.807) is 0 Å². The molecule has 0 aliphatic carbocycles. The number of nitrogens with zero attached hydrogens (tertiary/aromatic N) is 3. The molecule has 0 N–H and O–H groups in total. The Morgan fingerprint density at radius 2 is 2.08 bits per heavy atom. The third-order valence-electron chi connectivity index (χ3n) is 1.44. The molecule has 0 unspecified atom stereocenters. The maximum atomic E-state index is 10.2. The summed E-state index contributed by atoms with van der Waals surface area (Å²) in [6.45, 7) is 0. The van der Waals surface area contributed by atoms with Crippen LogP contribution in [0.4, 0.5) is 5.69 Å². The van der Waals surface area contributed by atoms with E-state index >= 15 is 0 Å². The number of hydrogen-bond acceptors (Lipinski definition) is 5. The first-order valence-corrected chi connectivity index (χ1v) is 3.45. The van der Waals surface area contributed by atoms with Crippen LogP contribution in [-0.2, 0) is 0 Å². The van der Waals surface area contributed by atoms with Gasteiger partial charge in [-0.2, -0.15) is 0 Å². The fourth-order valence-electron chi connectivity index (χ4n) is 0.897. The van der Waals surface area contributed by atoms with Crippen LogP contribution in [0, 0.1) is 4.91 Å². The van der Waals surface area contributed by atoms with E-state index in [0.717, 1.165) is 0 Å². The van der Waals surface area contributed by atoms with Crippen LogP contribution in [0.3, 0.4) is 0 Å². The zero-order valence-electron chi connectivity index (χ0n) is 5.69. The maximum absolute atomic E-state index is 10.2. The smallest absolute Gasteiger partial charge is 0.165 e. The van der Waals surface area contributed by atoms with Crippen molar-refractivity contribution in [2.24, 2.45) is 5.18 Å². The quantitative estimate of drug-likeness (QED) is 0.636. The monoisotopic (exact) mass is 183 g/mol. The summed E-state index contributed by atoms with van der Waals surface area (Å²) in [5, 5.41) is 10.1. The van der Waals surface area contributed by atoms with Crippen LogP contribution in [0.2, 0.25) is 5.02 Å². The van der Waals surface area contributed by atoms with Crippen LogP contribution in [0.15, 0.2) is 21.9 Å². The van der Waals surface area contributed by atoms with Crippen molar-refractivity contribution in [1.29, 1.82) is 0 Å². The molecular weight excluding hydrogens is 182 g/mol. The predicted octanol–water partition coefficient (Wildman–Crippen LogP) is 2.27. The first kappa shape index (κ1) is 7.17. The zero-order chi connectivity index (χ0) is 8.55. The van der Waals surface area contributed by atoms with E-state index in [4.69, 9.17) is 11.6 Å². The van der Waals surface area contributed by atoms with Crippen molar-refractivity contribution in [2.45, 2.75) is 0 Å². The van der Waals surface area contributed by atoms with Gasteiger partial charge in [-0.25, -0.2) is 4.63 Å². The molecule has 0 saturated heterocycles. The van der Waals surface area contributed by atoms with E-state index in [0.29, 0.717) is 10.5 Å². The van der Waals surface area contributed by atoms with Crippen LogP contribution in [0.5, 0.6) is 0 Å². The lowest BCUT2D eigenvalue weighted by Gasteiger charge is -1.89. The fourth-order valence-corrected chi connectivity index (χ4v) is 1.08. The van der Waals surface area contributed by atoms with Crippen LogP contribution in [-0.4, -0.2) is 10.3 Å². The third kappa shape index (κ3) is 0.868. The highest BCUT2D eigenvalue weighted by Crippen LogP contribution is 2.28. The second kappa shape index (κ2) is 2.53. The Morgan fingerprint density at radius 1 is 1.33 bits per heavy atom. The molecule has 12 heavy (non-hydrogen) atoms. The van der Waals surface area contributed by atoms with Crippen molar-refractivity contribution < 1.29 is 4.63 Å². The fraction of sp³-hybridized carbons (Fsp3) is 0. The van der Waals surface area contributed by atoms with E-state index in [9.17, 15) is 4.91 Å². The van der Waals surface area contributed by atoms with Gasteiger partial charge in [0.15, 0.2) is 11.0 Å². The summed E-state index contributed by atoms with van der Waals surface area (Å²) >= 11 is 5.72. The van der Waals surface area contributed by atoms with Crippen molar-refractivity contribution in [1.82, 2.24) is 10.3 Å². The Bertz CT molecular complexity index is 439. The van der Waals surface area contributed by atoms with E-state index in [2.05, 4.69) is 20.1 Å². The van der Waals surface area contributed by atoms with Gasteiger partial charge in [-0.05, 0) is 27.6 Å². The third-order valence-corrected chi connectivity index (χ3v) is 1.75. The maximum Gasteiger partial charge on any atom is 0.165 e. The van der Waals surface area contributed by atoms with Gasteiger partial charge in [0, 0.05) is 0 Å². The van der Waals surface area contributed by atoms with Gasteiger partial charge in [-0.3, -0.25) is 0 Å². The highest BCUT2D eigenvalue weighted by Gasteiger charge is 2.10. The Hall–Kier alpha value is -1.49. The summed E-state index contributed by atoms with van der Waals surface area (Å²) in [4.78, 5) is 10.2. The number of hydrogen-bond donors (Lipinski definition) is 0. The van der Waals surface area contributed by atoms with Crippen molar-refractivity contribution >= 4 is 28.3 Å². The Balaban J connectivity index is 2.91. The Labute approximate surface area is 71.2 Å². The van der Waals surface area contributed by atoms with Gasteiger partial charge in [0.05, 0.1) is 5.02 Å². The molecule has 2 aromatic rings. The van der Waals surface area contributed by atoms with Gasteiger partial charge in [0.1, 0.15) is 5.69 Å². The van der Waals surface area contributed by atoms with Crippen molar-refractivity contribution in [2.75, 3.05) is 0 Å². The van der Waals surface area contributed by atoms with E-state index in [1.165, 1.54) is 12.1 Å².